The highest BCUT2D eigenvalue weighted by Gasteiger charge is 2.21. The summed E-state index contributed by atoms with van der Waals surface area (Å²) in [6.07, 6.45) is 4.78. The molecule has 0 amide bonds. The van der Waals surface area contributed by atoms with Gasteiger partial charge >= 0.3 is 0 Å². The Morgan fingerprint density at radius 2 is 2.31 bits per heavy atom. The van der Waals surface area contributed by atoms with Gasteiger partial charge < -0.3 is 4.84 Å². The van der Waals surface area contributed by atoms with Crippen LogP contribution in [0.4, 0.5) is 0 Å². The van der Waals surface area contributed by atoms with E-state index in [9.17, 15) is 0 Å². The Hall–Kier alpha value is -0.800. The van der Waals surface area contributed by atoms with Gasteiger partial charge in [0.05, 0.1) is 10.7 Å². The van der Waals surface area contributed by atoms with Crippen LogP contribution in [0, 0.1) is 0 Å². The summed E-state index contributed by atoms with van der Waals surface area (Å²) in [4.78, 5) is 9.31. The van der Waals surface area contributed by atoms with E-state index in [0.717, 1.165) is 30.5 Å². The molecule has 0 aliphatic carbocycles. The van der Waals surface area contributed by atoms with E-state index in [2.05, 4.69) is 17.1 Å². The van der Waals surface area contributed by atoms with E-state index in [-0.39, 0.29) is 6.10 Å². The molecule has 2 rings (SSSR count). The van der Waals surface area contributed by atoms with Crippen LogP contribution < -0.4 is 0 Å². The number of pyridine rings is 1. The molecule has 1 aliphatic heterocycles. The molecule has 5 heteroatoms. The Morgan fingerprint density at radius 1 is 1.50 bits per heavy atom. The van der Waals surface area contributed by atoms with E-state index >= 15 is 0 Å². The number of rotatable bonds is 3. The minimum atomic E-state index is 0.189. The molecule has 1 unspecified atom stereocenters. The predicted molar refractivity (Wildman–Crippen MR) is 65.2 cm³/mol. The minimum absolute atomic E-state index is 0.189. The maximum Gasteiger partial charge on any atom is 0.147 e. The highest BCUT2D eigenvalue weighted by molar-refractivity contribution is 6.41. The zero-order valence-corrected chi connectivity index (χ0v) is 10.4. The minimum Gasteiger partial charge on any atom is -0.392 e. The highest BCUT2D eigenvalue weighted by atomic mass is 35.5. The van der Waals surface area contributed by atoms with Crippen molar-refractivity contribution in [2.75, 3.05) is 0 Å². The van der Waals surface area contributed by atoms with Gasteiger partial charge in [0.25, 0.3) is 0 Å². The van der Waals surface area contributed by atoms with Crippen LogP contribution in [0.2, 0.25) is 10.2 Å². The van der Waals surface area contributed by atoms with Crippen molar-refractivity contribution >= 4 is 28.9 Å². The molecule has 1 aromatic rings. The molecule has 0 saturated heterocycles. The number of hydrogen-bond donors (Lipinski definition) is 0. The standard InChI is InChI=1S/C11H12Cl2N2O/c1-2-3-8-5-10(15-16-8)7-4-9(12)11(13)14-6-7/h4,6,8H,2-3,5H2,1H3. The molecular weight excluding hydrogens is 247 g/mol. The van der Waals surface area contributed by atoms with Gasteiger partial charge in [0.2, 0.25) is 0 Å². The van der Waals surface area contributed by atoms with Gasteiger partial charge in [0, 0.05) is 18.2 Å². The van der Waals surface area contributed by atoms with E-state index in [0.29, 0.717) is 10.2 Å². The normalized spacial score (nSPS) is 19.4. The number of halogens is 2. The first-order chi connectivity index (χ1) is 7.70. The van der Waals surface area contributed by atoms with Crippen LogP contribution in [0.25, 0.3) is 0 Å². The summed E-state index contributed by atoms with van der Waals surface area (Å²) < 4.78 is 0. The fourth-order valence-electron chi connectivity index (χ4n) is 1.65. The average molecular weight is 259 g/mol. The zero-order valence-electron chi connectivity index (χ0n) is 8.91. The molecule has 2 heterocycles. The molecule has 86 valence electrons. The van der Waals surface area contributed by atoms with Crippen LogP contribution in [0.1, 0.15) is 31.7 Å². The molecule has 3 nitrogen and oxygen atoms in total. The first-order valence-electron chi connectivity index (χ1n) is 5.24. The number of hydrogen-bond acceptors (Lipinski definition) is 3. The fourth-order valence-corrected chi connectivity index (χ4v) is 1.92. The molecule has 0 bridgehead atoms. The summed E-state index contributed by atoms with van der Waals surface area (Å²) in [6, 6.07) is 1.77. The summed E-state index contributed by atoms with van der Waals surface area (Å²) >= 11 is 11.7. The van der Waals surface area contributed by atoms with Crippen LogP contribution in [0.3, 0.4) is 0 Å². The Labute approximate surface area is 104 Å². The fraction of sp³-hybridized carbons (Fsp3) is 0.455. The highest BCUT2D eigenvalue weighted by Crippen LogP contribution is 2.24. The van der Waals surface area contributed by atoms with E-state index < -0.39 is 0 Å². The van der Waals surface area contributed by atoms with Crippen LogP contribution in [0.15, 0.2) is 17.4 Å². The van der Waals surface area contributed by atoms with Gasteiger partial charge in [-0.15, -0.1) is 0 Å². The molecule has 16 heavy (non-hydrogen) atoms. The smallest absolute Gasteiger partial charge is 0.147 e. The summed E-state index contributed by atoms with van der Waals surface area (Å²) in [5.74, 6) is 0. The van der Waals surface area contributed by atoms with Crippen molar-refractivity contribution in [3.05, 3.63) is 28.0 Å². The number of nitrogens with zero attached hydrogens (tertiary/aromatic N) is 2. The lowest BCUT2D eigenvalue weighted by atomic mass is 10.0. The van der Waals surface area contributed by atoms with E-state index in [1.165, 1.54) is 0 Å². The van der Waals surface area contributed by atoms with Gasteiger partial charge in [-0.1, -0.05) is 41.7 Å². The third-order valence-electron chi connectivity index (χ3n) is 2.47. The predicted octanol–water partition coefficient (Wildman–Crippen LogP) is 3.68. The maximum atomic E-state index is 5.90. The molecule has 0 N–H and O–H groups in total. The van der Waals surface area contributed by atoms with Gasteiger partial charge in [-0.05, 0) is 12.5 Å². The lowest BCUT2D eigenvalue weighted by Gasteiger charge is -2.04. The Bertz CT molecular complexity index is 420. The van der Waals surface area contributed by atoms with Gasteiger partial charge in [-0.2, -0.15) is 0 Å². The second-order valence-corrected chi connectivity index (χ2v) is 4.52. The monoisotopic (exact) mass is 258 g/mol. The van der Waals surface area contributed by atoms with Crippen LogP contribution in [0.5, 0.6) is 0 Å². The topological polar surface area (TPSA) is 34.5 Å². The van der Waals surface area contributed by atoms with E-state index in [1.54, 1.807) is 12.3 Å². The zero-order chi connectivity index (χ0) is 11.5. The summed E-state index contributed by atoms with van der Waals surface area (Å²) in [5, 5.41) is 4.81. The Morgan fingerprint density at radius 3 is 3.00 bits per heavy atom. The van der Waals surface area contributed by atoms with Crippen LogP contribution in [-0.4, -0.2) is 16.8 Å². The molecule has 0 fully saturated rings. The quantitative estimate of drug-likeness (QED) is 0.776. The van der Waals surface area contributed by atoms with Crippen molar-refractivity contribution in [2.45, 2.75) is 32.3 Å². The van der Waals surface area contributed by atoms with Gasteiger partial charge in [0.15, 0.2) is 0 Å². The first kappa shape index (κ1) is 11.7. The molecule has 0 spiro atoms. The molecule has 0 radical (unpaired) electrons. The summed E-state index contributed by atoms with van der Waals surface area (Å²) in [6.45, 7) is 2.13. The number of oxime groups is 1. The largest absolute Gasteiger partial charge is 0.392 e. The Kier molecular flexibility index (Phi) is 3.66. The van der Waals surface area contributed by atoms with Crippen molar-refractivity contribution < 1.29 is 4.84 Å². The second kappa shape index (κ2) is 5.02. The molecule has 0 aromatic carbocycles. The Balaban J connectivity index is 2.11. The van der Waals surface area contributed by atoms with Gasteiger partial charge in [-0.3, -0.25) is 0 Å². The maximum absolute atomic E-state index is 5.90. The third-order valence-corrected chi connectivity index (χ3v) is 3.16. The number of aromatic nitrogens is 1. The van der Waals surface area contributed by atoms with Crippen molar-refractivity contribution in [1.82, 2.24) is 4.98 Å². The van der Waals surface area contributed by atoms with Crippen LogP contribution in [-0.2, 0) is 4.84 Å². The van der Waals surface area contributed by atoms with Crippen molar-refractivity contribution in [1.29, 1.82) is 0 Å². The second-order valence-electron chi connectivity index (χ2n) is 3.75. The summed E-state index contributed by atoms with van der Waals surface area (Å²) in [7, 11) is 0. The van der Waals surface area contributed by atoms with Gasteiger partial charge in [-0.25, -0.2) is 4.98 Å². The molecule has 0 saturated carbocycles. The van der Waals surface area contributed by atoms with E-state index in [1.807, 2.05) is 0 Å². The molecular formula is C11H12Cl2N2O. The van der Waals surface area contributed by atoms with Gasteiger partial charge in [0.1, 0.15) is 11.3 Å². The van der Waals surface area contributed by atoms with Crippen LogP contribution >= 0.6 is 23.2 Å². The molecule has 1 atom stereocenters. The lowest BCUT2D eigenvalue weighted by molar-refractivity contribution is 0.0786. The average Bonchev–Trinajstić information content (AvgIpc) is 2.71. The van der Waals surface area contributed by atoms with Crippen molar-refractivity contribution in [3.63, 3.8) is 0 Å². The SMILES string of the molecule is CCCC1CC(c2cnc(Cl)c(Cl)c2)=NO1. The molecule has 1 aromatic heterocycles. The lowest BCUT2D eigenvalue weighted by Crippen LogP contribution is -2.07. The third kappa shape index (κ3) is 2.47. The van der Waals surface area contributed by atoms with Crippen molar-refractivity contribution in [3.8, 4) is 0 Å². The molecule has 1 aliphatic rings. The summed E-state index contributed by atoms with van der Waals surface area (Å²) in [5.41, 5.74) is 1.78. The first-order valence-corrected chi connectivity index (χ1v) is 6.00. The van der Waals surface area contributed by atoms with Crippen molar-refractivity contribution in [2.24, 2.45) is 5.16 Å². The van der Waals surface area contributed by atoms with E-state index in [4.69, 9.17) is 28.0 Å².